The van der Waals surface area contributed by atoms with Crippen molar-refractivity contribution in [1.29, 1.82) is 0 Å². The molecule has 4 heteroatoms. The fraction of sp³-hybridized carbons (Fsp3) is 0.308. The van der Waals surface area contributed by atoms with E-state index in [0.29, 0.717) is 5.92 Å². The second kappa shape index (κ2) is 3.96. The first kappa shape index (κ1) is 11.0. The van der Waals surface area contributed by atoms with Gasteiger partial charge in [0.1, 0.15) is 0 Å². The molecule has 1 heterocycles. The minimum atomic E-state index is 0.624. The van der Waals surface area contributed by atoms with Gasteiger partial charge in [-0.3, -0.25) is 10.8 Å². The lowest BCUT2D eigenvalue weighted by atomic mass is 10.1. The summed E-state index contributed by atoms with van der Waals surface area (Å²) in [4.78, 5) is 4.76. The average Bonchev–Trinajstić information content (AvgIpc) is 3.17. The van der Waals surface area contributed by atoms with E-state index in [-0.39, 0.29) is 0 Å². The molecule has 17 heavy (non-hydrogen) atoms. The van der Waals surface area contributed by atoms with Crippen molar-refractivity contribution < 1.29 is 0 Å². The van der Waals surface area contributed by atoms with E-state index in [1.54, 1.807) is 0 Å². The van der Waals surface area contributed by atoms with E-state index in [9.17, 15) is 0 Å². The highest BCUT2D eigenvalue weighted by atomic mass is 79.9. The molecule has 3 N–H and O–H groups in total. The smallest absolute Gasteiger partial charge is 0.0871 e. The van der Waals surface area contributed by atoms with Crippen LogP contribution in [-0.2, 0) is 0 Å². The summed E-state index contributed by atoms with van der Waals surface area (Å²) in [5.41, 5.74) is 7.08. The van der Waals surface area contributed by atoms with Crippen molar-refractivity contribution in [3.63, 3.8) is 0 Å². The molecule has 3 rings (SSSR count). The fourth-order valence-corrected chi connectivity index (χ4v) is 2.52. The Kier molecular flexibility index (Phi) is 2.56. The van der Waals surface area contributed by atoms with Crippen LogP contribution in [0, 0.1) is 6.92 Å². The fourth-order valence-electron chi connectivity index (χ4n) is 2.09. The van der Waals surface area contributed by atoms with E-state index in [0.717, 1.165) is 26.8 Å². The summed E-state index contributed by atoms with van der Waals surface area (Å²) in [6.07, 6.45) is 2.48. The normalized spacial score (nSPS) is 15.2. The summed E-state index contributed by atoms with van der Waals surface area (Å²) in [6, 6.07) is 6.21. The van der Waals surface area contributed by atoms with Gasteiger partial charge < -0.3 is 5.43 Å². The molecule has 0 radical (unpaired) electrons. The molecule has 1 fully saturated rings. The lowest BCUT2D eigenvalue weighted by molar-refractivity contribution is 1.04. The second-order valence-corrected chi connectivity index (χ2v) is 5.40. The van der Waals surface area contributed by atoms with Gasteiger partial charge in [0.25, 0.3) is 0 Å². The molecule has 0 bridgehead atoms. The van der Waals surface area contributed by atoms with E-state index in [1.807, 2.05) is 0 Å². The van der Waals surface area contributed by atoms with Crippen LogP contribution in [0.5, 0.6) is 0 Å². The Labute approximate surface area is 109 Å². The highest BCUT2D eigenvalue weighted by molar-refractivity contribution is 9.10. The zero-order valence-corrected chi connectivity index (χ0v) is 11.2. The molecule has 0 atom stereocenters. The predicted octanol–water partition coefficient (Wildman–Crippen LogP) is 3.47. The van der Waals surface area contributed by atoms with Crippen LogP contribution in [0.1, 0.15) is 30.0 Å². The Morgan fingerprint density at radius 3 is 2.82 bits per heavy atom. The third-order valence-corrected chi connectivity index (χ3v) is 4.28. The Bertz CT molecular complexity index is 591. The molecule has 1 saturated carbocycles. The van der Waals surface area contributed by atoms with Gasteiger partial charge in [0.2, 0.25) is 0 Å². The quantitative estimate of drug-likeness (QED) is 0.658. The van der Waals surface area contributed by atoms with E-state index in [4.69, 9.17) is 10.8 Å². The molecule has 0 unspecified atom stereocenters. The SMILES string of the molecule is Cc1ccc2c(NN)cc(C3CC3)nc2c1Br. The minimum absolute atomic E-state index is 0.624. The number of hydrogen-bond acceptors (Lipinski definition) is 3. The predicted molar refractivity (Wildman–Crippen MR) is 74.0 cm³/mol. The largest absolute Gasteiger partial charge is 0.323 e. The third kappa shape index (κ3) is 1.81. The number of nitrogens with one attached hydrogen (secondary N) is 1. The molecule has 2 aromatic rings. The molecule has 0 saturated heterocycles. The number of anilines is 1. The van der Waals surface area contributed by atoms with Crippen molar-refractivity contribution in [3.05, 3.63) is 33.9 Å². The van der Waals surface area contributed by atoms with Crippen molar-refractivity contribution in [2.45, 2.75) is 25.7 Å². The van der Waals surface area contributed by atoms with Crippen molar-refractivity contribution in [1.82, 2.24) is 4.98 Å². The number of fused-ring (bicyclic) bond motifs is 1. The molecule has 88 valence electrons. The van der Waals surface area contributed by atoms with E-state index in [2.05, 4.69) is 46.5 Å². The number of rotatable bonds is 2. The summed E-state index contributed by atoms with van der Waals surface area (Å²) in [7, 11) is 0. The molecular formula is C13H14BrN3. The van der Waals surface area contributed by atoms with Crippen molar-refractivity contribution in [3.8, 4) is 0 Å². The lowest BCUT2D eigenvalue weighted by Crippen LogP contribution is -2.08. The highest BCUT2D eigenvalue weighted by Crippen LogP contribution is 2.42. The van der Waals surface area contributed by atoms with Crippen molar-refractivity contribution in [2.75, 3.05) is 5.43 Å². The molecule has 1 aromatic heterocycles. The van der Waals surface area contributed by atoms with Crippen LogP contribution in [0.25, 0.3) is 10.9 Å². The number of halogens is 1. The first-order valence-corrected chi connectivity index (χ1v) is 6.56. The first-order chi connectivity index (χ1) is 8.20. The van der Waals surface area contributed by atoms with Gasteiger partial charge in [-0.1, -0.05) is 12.1 Å². The number of hydrazine groups is 1. The lowest BCUT2D eigenvalue weighted by Gasteiger charge is -2.11. The zero-order valence-electron chi connectivity index (χ0n) is 9.63. The average molecular weight is 292 g/mol. The Morgan fingerprint density at radius 1 is 1.41 bits per heavy atom. The Morgan fingerprint density at radius 2 is 2.18 bits per heavy atom. The van der Waals surface area contributed by atoms with Gasteiger partial charge in [-0.2, -0.15) is 0 Å². The Balaban J connectivity index is 2.32. The van der Waals surface area contributed by atoms with Crippen LogP contribution in [0.2, 0.25) is 0 Å². The van der Waals surface area contributed by atoms with Crippen LogP contribution in [0.3, 0.4) is 0 Å². The molecular weight excluding hydrogens is 278 g/mol. The number of hydrogen-bond donors (Lipinski definition) is 2. The monoisotopic (exact) mass is 291 g/mol. The molecule has 3 nitrogen and oxygen atoms in total. The highest BCUT2D eigenvalue weighted by Gasteiger charge is 2.26. The molecule has 0 spiro atoms. The molecule has 1 aliphatic rings. The number of nitrogens with two attached hydrogens (primary N) is 1. The number of pyridine rings is 1. The minimum Gasteiger partial charge on any atom is -0.323 e. The van der Waals surface area contributed by atoms with Gasteiger partial charge in [0.15, 0.2) is 0 Å². The van der Waals surface area contributed by atoms with Crippen molar-refractivity contribution in [2.24, 2.45) is 5.84 Å². The standard InChI is InChI=1S/C13H14BrN3/c1-7-2-5-9-11(17-15)6-10(8-3-4-8)16-13(9)12(7)14/h2,5-6,8H,3-4,15H2,1H3,(H,16,17). The number of aromatic nitrogens is 1. The summed E-state index contributed by atoms with van der Waals surface area (Å²) in [5.74, 6) is 6.22. The summed E-state index contributed by atoms with van der Waals surface area (Å²) in [6.45, 7) is 2.07. The number of benzene rings is 1. The molecule has 1 aromatic carbocycles. The van der Waals surface area contributed by atoms with Crippen LogP contribution < -0.4 is 11.3 Å². The molecule has 0 amide bonds. The maximum atomic E-state index is 5.60. The third-order valence-electron chi connectivity index (χ3n) is 3.28. The van der Waals surface area contributed by atoms with Gasteiger partial charge in [0, 0.05) is 21.5 Å². The van der Waals surface area contributed by atoms with Gasteiger partial charge in [-0.25, -0.2) is 0 Å². The van der Waals surface area contributed by atoms with Gasteiger partial charge in [-0.05, 0) is 47.3 Å². The van der Waals surface area contributed by atoms with Crippen LogP contribution in [0.15, 0.2) is 22.7 Å². The summed E-state index contributed by atoms with van der Waals surface area (Å²) < 4.78 is 1.06. The maximum Gasteiger partial charge on any atom is 0.0871 e. The second-order valence-electron chi connectivity index (χ2n) is 4.61. The van der Waals surface area contributed by atoms with E-state index < -0.39 is 0 Å². The summed E-state index contributed by atoms with van der Waals surface area (Å²) >= 11 is 3.62. The zero-order chi connectivity index (χ0) is 12.0. The number of nitrogen functional groups attached to an aromatic ring is 1. The number of nitrogens with zero attached hydrogens (tertiary/aromatic N) is 1. The van der Waals surface area contributed by atoms with Crippen molar-refractivity contribution >= 4 is 32.5 Å². The number of aryl methyl sites for hydroxylation is 1. The van der Waals surface area contributed by atoms with Crippen LogP contribution in [-0.4, -0.2) is 4.98 Å². The summed E-state index contributed by atoms with van der Waals surface area (Å²) in [5, 5.41) is 1.06. The maximum absolute atomic E-state index is 5.60. The van der Waals surface area contributed by atoms with Crippen LogP contribution in [0.4, 0.5) is 5.69 Å². The van der Waals surface area contributed by atoms with Gasteiger partial charge in [0.05, 0.1) is 11.2 Å². The van der Waals surface area contributed by atoms with E-state index >= 15 is 0 Å². The Hall–Kier alpha value is -1.13. The van der Waals surface area contributed by atoms with E-state index in [1.165, 1.54) is 18.4 Å². The topological polar surface area (TPSA) is 50.9 Å². The first-order valence-electron chi connectivity index (χ1n) is 5.77. The van der Waals surface area contributed by atoms with Gasteiger partial charge in [-0.15, -0.1) is 0 Å². The molecule has 1 aliphatic carbocycles. The van der Waals surface area contributed by atoms with Crippen LogP contribution >= 0.6 is 15.9 Å². The molecule has 0 aliphatic heterocycles. The van der Waals surface area contributed by atoms with Gasteiger partial charge >= 0.3 is 0 Å².